The highest BCUT2D eigenvalue weighted by Gasteiger charge is 2.18. The summed E-state index contributed by atoms with van der Waals surface area (Å²) in [4.78, 5) is 0. The molecule has 0 atom stereocenters. The van der Waals surface area contributed by atoms with Crippen LogP contribution in [0.15, 0.2) is 206 Å². The second-order valence-electron chi connectivity index (χ2n) is 14.9. The number of nitrogens with zero attached hydrogens (tertiary/aromatic N) is 2. The number of aromatic nitrogens is 2. The molecule has 260 valence electrons. The molecule has 0 spiro atoms. The SMILES string of the molecule is c1ccc(-n2c3ccccc3c3cc(-c4cccc(-c5ccc6c(c5)c5ccccc5c5cc7c(cc65)c5ccccc5n7-c5ccccc5)c4)ccc32)cc1. The van der Waals surface area contributed by atoms with Crippen LogP contribution in [0.25, 0.3) is 110 Å². The van der Waals surface area contributed by atoms with E-state index in [1.807, 2.05) is 0 Å². The maximum Gasteiger partial charge on any atom is 0.0547 e. The molecule has 2 heterocycles. The summed E-state index contributed by atoms with van der Waals surface area (Å²) in [6, 6.07) is 75.7. The fourth-order valence-electron chi connectivity index (χ4n) is 9.34. The molecule has 0 radical (unpaired) electrons. The summed E-state index contributed by atoms with van der Waals surface area (Å²) in [6.07, 6.45) is 0. The fraction of sp³-hybridized carbons (Fsp3) is 0. The Morgan fingerprint density at radius 3 is 1.23 bits per heavy atom. The zero-order valence-corrected chi connectivity index (χ0v) is 30.5. The van der Waals surface area contributed by atoms with Gasteiger partial charge < -0.3 is 9.13 Å². The summed E-state index contributed by atoms with van der Waals surface area (Å²) in [5.41, 5.74) is 12.1. The highest BCUT2D eigenvalue weighted by Crippen LogP contribution is 2.42. The van der Waals surface area contributed by atoms with Gasteiger partial charge in [-0.1, -0.05) is 133 Å². The highest BCUT2D eigenvalue weighted by atomic mass is 15.0. The van der Waals surface area contributed by atoms with Gasteiger partial charge in [-0.3, -0.25) is 0 Å². The molecule has 0 fully saturated rings. The Bertz CT molecular complexity index is 3510. The average molecular weight is 711 g/mol. The maximum absolute atomic E-state index is 2.44. The first-order valence-electron chi connectivity index (χ1n) is 19.3. The van der Waals surface area contributed by atoms with Crippen molar-refractivity contribution < 1.29 is 0 Å². The topological polar surface area (TPSA) is 9.86 Å². The van der Waals surface area contributed by atoms with Crippen LogP contribution in [0.1, 0.15) is 0 Å². The van der Waals surface area contributed by atoms with Crippen molar-refractivity contribution in [2.24, 2.45) is 0 Å². The van der Waals surface area contributed by atoms with Crippen LogP contribution in [0.3, 0.4) is 0 Å². The van der Waals surface area contributed by atoms with Crippen molar-refractivity contribution in [1.82, 2.24) is 9.13 Å². The van der Waals surface area contributed by atoms with Crippen molar-refractivity contribution in [1.29, 1.82) is 0 Å². The number of para-hydroxylation sites is 4. The highest BCUT2D eigenvalue weighted by molar-refractivity contribution is 6.29. The molecule has 2 heteroatoms. The van der Waals surface area contributed by atoms with Crippen LogP contribution in [0, 0.1) is 0 Å². The molecule has 10 aromatic carbocycles. The maximum atomic E-state index is 2.44. The number of fused-ring (bicyclic) bond motifs is 12. The molecular formula is C54H34N2. The summed E-state index contributed by atoms with van der Waals surface area (Å²) in [6.45, 7) is 0. The Kier molecular flexibility index (Phi) is 6.66. The summed E-state index contributed by atoms with van der Waals surface area (Å²) in [7, 11) is 0. The van der Waals surface area contributed by atoms with Gasteiger partial charge >= 0.3 is 0 Å². The van der Waals surface area contributed by atoms with Gasteiger partial charge in [-0.15, -0.1) is 0 Å². The average Bonchev–Trinajstić information content (AvgIpc) is 3.78. The van der Waals surface area contributed by atoms with Gasteiger partial charge in [0, 0.05) is 32.9 Å². The number of benzene rings is 10. The number of rotatable bonds is 4. The van der Waals surface area contributed by atoms with Crippen molar-refractivity contribution in [2.75, 3.05) is 0 Å². The van der Waals surface area contributed by atoms with Gasteiger partial charge in [-0.25, -0.2) is 0 Å². The third kappa shape index (κ3) is 4.57. The van der Waals surface area contributed by atoms with Crippen molar-refractivity contribution in [3.63, 3.8) is 0 Å². The second-order valence-corrected chi connectivity index (χ2v) is 14.9. The zero-order chi connectivity index (χ0) is 36.7. The Morgan fingerprint density at radius 1 is 0.196 bits per heavy atom. The van der Waals surface area contributed by atoms with Crippen LogP contribution in [0.4, 0.5) is 0 Å². The smallest absolute Gasteiger partial charge is 0.0547 e. The van der Waals surface area contributed by atoms with E-state index in [0.29, 0.717) is 0 Å². The molecule has 0 amide bonds. The fourth-order valence-corrected chi connectivity index (χ4v) is 9.34. The van der Waals surface area contributed by atoms with Gasteiger partial charge in [0.1, 0.15) is 0 Å². The predicted octanol–water partition coefficient (Wildman–Crippen LogP) is 14.7. The van der Waals surface area contributed by atoms with E-state index in [2.05, 4.69) is 215 Å². The van der Waals surface area contributed by atoms with Crippen LogP contribution in [0.5, 0.6) is 0 Å². The summed E-state index contributed by atoms with van der Waals surface area (Å²) in [5, 5.41) is 12.7. The molecular weight excluding hydrogens is 677 g/mol. The Hall–Kier alpha value is -7.42. The van der Waals surface area contributed by atoms with Crippen LogP contribution < -0.4 is 0 Å². The summed E-state index contributed by atoms with van der Waals surface area (Å²) < 4.78 is 4.79. The molecule has 0 aliphatic carbocycles. The minimum Gasteiger partial charge on any atom is -0.309 e. The van der Waals surface area contributed by atoms with Crippen LogP contribution in [-0.2, 0) is 0 Å². The number of hydrogen-bond acceptors (Lipinski definition) is 0. The summed E-state index contributed by atoms with van der Waals surface area (Å²) in [5.74, 6) is 0. The van der Waals surface area contributed by atoms with Gasteiger partial charge in [0.15, 0.2) is 0 Å². The van der Waals surface area contributed by atoms with Gasteiger partial charge in [0.25, 0.3) is 0 Å². The third-order valence-corrected chi connectivity index (χ3v) is 11.9. The molecule has 0 saturated carbocycles. The lowest BCUT2D eigenvalue weighted by atomic mass is 9.90. The molecule has 0 bridgehead atoms. The lowest BCUT2D eigenvalue weighted by Crippen LogP contribution is -1.93. The molecule has 0 unspecified atom stereocenters. The van der Waals surface area contributed by atoms with Crippen LogP contribution in [0.2, 0.25) is 0 Å². The van der Waals surface area contributed by atoms with Gasteiger partial charge in [0.05, 0.1) is 22.1 Å². The van der Waals surface area contributed by atoms with E-state index in [1.54, 1.807) is 0 Å². The van der Waals surface area contributed by atoms with E-state index in [4.69, 9.17) is 0 Å². The molecule has 0 aliphatic heterocycles. The standard InChI is InChI=1S/C54H34N2/c1-3-16-39(17-4-1)55-51-24-11-9-22-44(51)49-32-38(27-29-53(49)55)36-15-13-14-35(30-36)37-26-28-43-46(31-37)41-20-7-8-21-42(41)48-34-54-50(33-47(43)48)45-23-10-12-25-52(45)56(54)40-18-5-2-6-19-40/h1-34H. The van der Waals surface area contributed by atoms with E-state index in [1.165, 1.54) is 110 Å². The summed E-state index contributed by atoms with van der Waals surface area (Å²) >= 11 is 0. The largest absolute Gasteiger partial charge is 0.309 e. The third-order valence-electron chi connectivity index (χ3n) is 11.9. The lowest BCUT2D eigenvalue weighted by Gasteiger charge is -2.14. The van der Waals surface area contributed by atoms with Gasteiger partial charge in [-0.2, -0.15) is 0 Å². The number of hydrogen-bond donors (Lipinski definition) is 0. The molecule has 0 saturated heterocycles. The molecule has 2 nitrogen and oxygen atoms in total. The molecule has 12 aromatic rings. The first kappa shape index (κ1) is 31.0. The van der Waals surface area contributed by atoms with Crippen molar-refractivity contribution >= 4 is 75.9 Å². The molecule has 12 rings (SSSR count). The Labute approximate surface area is 323 Å². The van der Waals surface area contributed by atoms with E-state index < -0.39 is 0 Å². The zero-order valence-electron chi connectivity index (χ0n) is 30.5. The van der Waals surface area contributed by atoms with E-state index in [0.717, 1.165) is 0 Å². The first-order valence-corrected chi connectivity index (χ1v) is 19.3. The van der Waals surface area contributed by atoms with Gasteiger partial charge in [-0.05, 0) is 127 Å². The molecule has 56 heavy (non-hydrogen) atoms. The molecule has 2 aromatic heterocycles. The predicted molar refractivity (Wildman–Crippen MR) is 239 cm³/mol. The van der Waals surface area contributed by atoms with Crippen molar-refractivity contribution in [3.05, 3.63) is 206 Å². The van der Waals surface area contributed by atoms with Crippen molar-refractivity contribution in [2.45, 2.75) is 0 Å². The Balaban J connectivity index is 1.03. The van der Waals surface area contributed by atoms with Crippen LogP contribution in [-0.4, -0.2) is 9.13 Å². The minimum atomic E-state index is 1.17. The molecule has 0 aliphatic rings. The minimum absolute atomic E-state index is 1.17. The van der Waals surface area contributed by atoms with Crippen molar-refractivity contribution in [3.8, 4) is 33.6 Å². The van der Waals surface area contributed by atoms with E-state index in [9.17, 15) is 0 Å². The molecule has 0 N–H and O–H groups in total. The van der Waals surface area contributed by atoms with E-state index in [-0.39, 0.29) is 0 Å². The monoisotopic (exact) mass is 710 g/mol. The Morgan fingerprint density at radius 2 is 0.607 bits per heavy atom. The van der Waals surface area contributed by atoms with Gasteiger partial charge in [0.2, 0.25) is 0 Å². The quantitative estimate of drug-likeness (QED) is 0.161. The lowest BCUT2D eigenvalue weighted by molar-refractivity contribution is 1.18. The normalized spacial score (nSPS) is 11.9. The van der Waals surface area contributed by atoms with Crippen LogP contribution >= 0.6 is 0 Å². The van der Waals surface area contributed by atoms with E-state index >= 15 is 0 Å². The second kappa shape index (κ2) is 12.0. The first-order chi connectivity index (χ1) is 27.8.